The average molecular weight is 312 g/mol. The number of fused-ring (bicyclic) bond motifs is 1. The van der Waals surface area contributed by atoms with Gasteiger partial charge in [-0.1, -0.05) is 24.3 Å². The Morgan fingerprint density at radius 3 is 2.70 bits per heavy atom. The van der Waals surface area contributed by atoms with E-state index in [0.717, 1.165) is 11.3 Å². The number of rotatable bonds is 4. The summed E-state index contributed by atoms with van der Waals surface area (Å²) in [4.78, 5) is 14.4. The van der Waals surface area contributed by atoms with E-state index in [4.69, 9.17) is 9.47 Å². The van der Waals surface area contributed by atoms with Crippen molar-refractivity contribution in [1.29, 1.82) is 0 Å². The number of carbonyl (C=O) groups is 1. The topological polar surface area (TPSA) is 50.8 Å². The van der Waals surface area contributed by atoms with E-state index in [1.807, 2.05) is 61.3 Å². The second-order valence-corrected chi connectivity index (χ2v) is 5.32. The van der Waals surface area contributed by atoms with Crippen molar-refractivity contribution in [2.45, 2.75) is 13.1 Å². The number of hydrogen-bond acceptors (Lipinski definition) is 4. The van der Waals surface area contributed by atoms with E-state index in [1.54, 1.807) is 7.11 Å². The van der Waals surface area contributed by atoms with E-state index in [0.29, 0.717) is 23.7 Å². The lowest BCUT2D eigenvalue weighted by Gasteiger charge is -2.37. The monoisotopic (exact) mass is 312 g/mol. The van der Waals surface area contributed by atoms with Crippen molar-refractivity contribution in [2.75, 3.05) is 25.7 Å². The molecule has 1 unspecified atom stereocenters. The summed E-state index contributed by atoms with van der Waals surface area (Å²) in [5.41, 5.74) is 2.43. The van der Waals surface area contributed by atoms with Crippen LogP contribution in [0.2, 0.25) is 0 Å². The zero-order valence-corrected chi connectivity index (χ0v) is 13.5. The Labute approximate surface area is 135 Å². The average Bonchev–Trinajstić information content (AvgIpc) is 2.58. The predicted molar refractivity (Wildman–Crippen MR) is 89.2 cm³/mol. The molecular weight excluding hydrogens is 292 g/mol. The molecule has 0 fully saturated rings. The number of para-hydroxylation sites is 2. The lowest BCUT2D eigenvalue weighted by atomic mass is 10.0. The SMILES string of the molecule is CCOc1cccc(C2NC(=O)c3ccccc3N2C)c1OC. The minimum absolute atomic E-state index is 0.0902. The molecule has 0 aromatic heterocycles. The van der Waals surface area contributed by atoms with E-state index in [2.05, 4.69) is 5.32 Å². The molecule has 2 aromatic carbocycles. The van der Waals surface area contributed by atoms with E-state index < -0.39 is 0 Å². The number of anilines is 1. The third-order valence-electron chi connectivity index (χ3n) is 3.99. The Morgan fingerprint density at radius 1 is 1.17 bits per heavy atom. The molecule has 1 N–H and O–H groups in total. The summed E-state index contributed by atoms with van der Waals surface area (Å²) in [7, 11) is 3.57. The van der Waals surface area contributed by atoms with Gasteiger partial charge in [0.05, 0.1) is 25.0 Å². The normalized spacial score (nSPS) is 16.6. The molecule has 0 bridgehead atoms. The van der Waals surface area contributed by atoms with Gasteiger partial charge in [-0.3, -0.25) is 4.79 Å². The number of carbonyl (C=O) groups excluding carboxylic acids is 1. The highest BCUT2D eigenvalue weighted by Crippen LogP contribution is 2.39. The second-order valence-electron chi connectivity index (χ2n) is 5.32. The first-order valence-corrected chi connectivity index (χ1v) is 7.59. The first-order valence-electron chi connectivity index (χ1n) is 7.59. The Morgan fingerprint density at radius 2 is 1.96 bits per heavy atom. The Hall–Kier alpha value is -2.69. The van der Waals surface area contributed by atoms with Crippen LogP contribution in [0.15, 0.2) is 42.5 Å². The van der Waals surface area contributed by atoms with Crippen LogP contribution >= 0.6 is 0 Å². The summed E-state index contributed by atoms with van der Waals surface area (Å²) in [6.07, 6.45) is -0.312. The van der Waals surface area contributed by atoms with Crippen LogP contribution in [0, 0.1) is 0 Å². The highest BCUT2D eigenvalue weighted by atomic mass is 16.5. The van der Waals surface area contributed by atoms with Gasteiger partial charge in [-0.25, -0.2) is 0 Å². The Bertz CT molecular complexity index is 730. The second kappa shape index (κ2) is 6.20. The van der Waals surface area contributed by atoms with Crippen molar-refractivity contribution in [3.63, 3.8) is 0 Å². The van der Waals surface area contributed by atoms with Gasteiger partial charge in [-0.05, 0) is 25.1 Å². The number of methoxy groups -OCH3 is 1. The summed E-state index contributed by atoms with van der Waals surface area (Å²) in [6, 6.07) is 13.3. The molecule has 5 nitrogen and oxygen atoms in total. The molecule has 0 saturated heterocycles. The van der Waals surface area contributed by atoms with Crippen molar-refractivity contribution in [2.24, 2.45) is 0 Å². The molecule has 1 aliphatic heterocycles. The Kier molecular flexibility index (Phi) is 4.10. The largest absolute Gasteiger partial charge is 0.492 e. The number of amides is 1. The van der Waals surface area contributed by atoms with E-state index >= 15 is 0 Å². The summed E-state index contributed by atoms with van der Waals surface area (Å²) in [5.74, 6) is 1.23. The maximum atomic E-state index is 12.4. The molecular formula is C18H20N2O3. The highest BCUT2D eigenvalue weighted by molar-refractivity contribution is 6.02. The zero-order valence-electron chi connectivity index (χ0n) is 13.5. The first-order chi connectivity index (χ1) is 11.2. The van der Waals surface area contributed by atoms with Gasteiger partial charge in [0, 0.05) is 12.6 Å². The maximum Gasteiger partial charge on any atom is 0.255 e. The molecule has 1 aliphatic rings. The molecule has 0 radical (unpaired) electrons. The zero-order chi connectivity index (χ0) is 16.4. The van der Waals surface area contributed by atoms with Crippen LogP contribution in [0.3, 0.4) is 0 Å². The molecule has 5 heteroatoms. The number of benzene rings is 2. The number of hydrogen-bond donors (Lipinski definition) is 1. The fourth-order valence-corrected chi connectivity index (χ4v) is 2.93. The van der Waals surface area contributed by atoms with Crippen molar-refractivity contribution in [1.82, 2.24) is 5.32 Å². The van der Waals surface area contributed by atoms with Gasteiger partial charge < -0.3 is 19.7 Å². The minimum Gasteiger partial charge on any atom is -0.492 e. The predicted octanol–water partition coefficient (Wildman–Crippen LogP) is 2.97. The van der Waals surface area contributed by atoms with Gasteiger partial charge in [0.25, 0.3) is 5.91 Å². The van der Waals surface area contributed by atoms with Gasteiger partial charge in [0.15, 0.2) is 11.5 Å². The van der Waals surface area contributed by atoms with Crippen molar-refractivity contribution < 1.29 is 14.3 Å². The quantitative estimate of drug-likeness (QED) is 0.943. The van der Waals surface area contributed by atoms with Crippen LogP contribution in [0.1, 0.15) is 29.0 Å². The molecule has 23 heavy (non-hydrogen) atoms. The van der Waals surface area contributed by atoms with E-state index in [9.17, 15) is 4.79 Å². The molecule has 1 amide bonds. The van der Waals surface area contributed by atoms with E-state index in [-0.39, 0.29) is 12.1 Å². The summed E-state index contributed by atoms with van der Waals surface area (Å²) >= 11 is 0. The molecule has 1 atom stereocenters. The van der Waals surface area contributed by atoms with Crippen LogP contribution in [-0.4, -0.2) is 26.7 Å². The highest BCUT2D eigenvalue weighted by Gasteiger charge is 2.31. The number of nitrogens with one attached hydrogen (secondary N) is 1. The molecule has 0 saturated carbocycles. The fraction of sp³-hybridized carbons (Fsp3) is 0.278. The molecule has 1 heterocycles. The van der Waals surface area contributed by atoms with Gasteiger partial charge in [-0.15, -0.1) is 0 Å². The molecule has 120 valence electrons. The summed E-state index contributed by atoms with van der Waals surface area (Å²) in [6.45, 7) is 2.48. The molecule has 0 spiro atoms. The smallest absolute Gasteiger partial charge is 0.255 e. The van der Waals surface area contributed by atoms with Crippen molar-refractivity contribution >= 4 is 11.6 Å². The van der Waals surface area contributed by atoms with Gasteiger partial charge >= 0.3 is 0 Å². The molecule has 2 aromatic rings. The lowest BCUT2D eigenvalue weighted by Crippen LogP contribution is -2.44. The standard InChI is InChI=1S/C18H20N2O3/c1-4-23-15-11-7-9-13(16(15)22-3)17-19-18(21)12-8-5-6-10-14(12)20(17)2/h5-11,17H,4H2,1-3H3,(H,19,21). The summed E-state index contributed by atoms with van der Waals surface area (Å²) < 4.78 is 11.2. The molecule has 0 aliphatic carbocycles. The lowest BCUT2D eigenvalue weighted by molar-refractivity contribution is 0.0927. The maximum absolute atomic E-state index is 12.4. The van der Waals surface area contributed by atoms with Crippen LogP contribution in [-0.2, 0) is 0 Å². The van der Waals surface area contributed by atoms with Gasteiger partial charge in [-0.2, -0.15) is 0 Å². The third kappa shape index (κ3) is 2.59. The van der Waals surface area contributed by atoms with Crippen LogP contribution in [0.5, 0.6) is 11.5 Å². The minimum atomic E-state index is -0.312. The van der Waals surface area contributed by atoms with Crippen molar-refractivity contribution in [3.8, 4) is 11.5 Å². The third-order valence-corrected chi connectivity index (χ3v) is 3.99. The first kappa shape index (κ1) is 15.2. The Balaban J connectivity index is 2.06. The molecule has 3 rings (SSSR count). The van der Waals surface area contributed by atoms with Crippen LogP contribution in [0.4, 0.5) is 5.69 Å². The number of ether oxygens (including phenoxy) is 2. The van der Waals surface area contributed by atoms with E-state index in [1.165, 1.54) is 0 Å². The fourth-order valence-electron chi connectivity index (χ4n) is 2.93. The number of nitrogens with zero attached hydrogens (tertiary/aromatic N) is 1. The van der Waals surface area contributed by atoms with Gasteiger partial charge in [0.2, 0.25) is 0 Å². The van der Waals surface area contributed by atoms with Crippen LogP contribution < -0.4 is 19.7 Å². The summed E-state index contributed by atoms with van der Waals surface area (Å²) in [5, 5.41) is 3.03. The van der Waals surface area contributed by atoms with Crippen molar-refractivity contribution in [3.05, 3.63) is 53.6 Å². The van der Waals surface area contributed by atoms with Crippen LogP contribution in [0.25, 0.3) is 0 Å². The van der Waals surface area contributed by atoms with Gasteiger partial charge in [0.1, 0.15) is 6.17 Å².